The van der Waals surface area contributed by atoms with Crippen molar-refractivity contribution >= 4 is 0 Å². The van der Waals surface area contributed by atoms with Crippen LogP contribution in [-0.4, -0.2) is 0 Å². The Kier molecular flexibility index (Phi) is 1.16. The summed E-state index contributed by atoms with van der Waals surface area (Å²) in [5.74, 6) is 12.5. The van der Waals surface area contributed by atoms with E-state index in [1.165, 1.54) is 59.2 Å². The van der Waals surface area contributed by atoms with E-state index in [-0.39, 0.29) is 0 Å². The van der Waals surface area contributed by atoms with E-state index in [1.54, 1.807) is 38.5 Å². The molecular weight excluding hydrogens is 192 g/mol. The second-order valence-corrected chi connectivity index (χ2v) is 8.02. The predicted molar refractivity (Wildman–Crippen MR) is 62.6 cm³/mol. The molecule has 16 heavy (non-hydrogen) atoms. The molecule has 86 valence electrons. The van der Waals surface area contributed by atoms with Gasteiger partial charge in [0, 0.05) is 0 Å². The summed E-state index contributed by atoms with van der Waals surface area (Å²) < 4.78 is 0. The average Bonchev–Trinajstić information content (AvgIpc) is 2.97. The van der Waals surface area contributed by atoms with Crippen LogP contribution in [-0.2, 0) is 0 Å². The van der Waals surface area contributed by atoms with Crippen LogP contribution in [0.3, 0.4) is 0 Å². The van der Waals surface area contributed by atoms with Gasteiger partial charge >= 0.3 is 0 Å². The molecule has 0 aromatic carbocycles. The molecule has 6 rings (SSSR count). The highest BCUT2D eigenvalue weighted by Crippen LogP contribution is 2.79. The second-order valence-electron chi connectivity index (χ2n) is 8.02. The van der Waals surface area contributed by atoms with Crippen molar-refractivity contribution in [2.45, 2.75) is 38.5 Å². The molecule has 0 bridgehead atoms. The van der Waals surface area contributed by atoms with Crippen molar-refractivity contribution in [3.63, 3.8) is 0 Å². The largest absolute Gasteiger partial charge is 0.0496 e. The summed E-state index contributed by atoms with van der Waals surface area (Å²) in [6.45, 7) is 0. The molecule has 0 nitrogen and oxygen atoms in total. The summed E-state index contributed by atoms with van der Waals surface area (Å²) in [6.07, 6.45) is 9.88. The smallest absolute Gasteiger partial charge is 0.0313 e. The van der Waals surface area contributed by atoms with Gasteiger partial charge in [-0.05, 0) is 97.7 Å². The average molecular weight is 214 g/mol. The van der Waals surface area contributed by atoms with Gasteiger partial charge in [-0.2, -0.15) is 0 Å². The number of hydrogen-bond acceptors (Lipinski definition) is 0. The molecular formula is C16H22. The first-order valence-corrected chi connectivity index (χ1v) is 7.95. The molecule has 0 amide bonds. The molecule has 0 spiro atoms. The highest BCUT2D eigenvalue weighted by Gasteiger charge is 2.74. The fourth-order valence-electron chi connectivity index (χ4n) is 8.74. The van der Waals surface area contributed by atoms with E-state index >= 15 is 0 Å². The highest BCUT2D eigenvalue weighted by molar-refractivity contribution is 5.22. The molecule has 0 saturated heterocycles. The lowest BCUT2D eigenvalue weighted by atomic mass is 9.85. The maximum absolute atomic E-state index is 1.65. The van der Waals surface area contributed by atoms with Gasteiger partial charge in [0.05, 0.1) is 0 Å². The van der Waals surface area contributed by atoms with Crippen molar-refractivity contribution in [2.24, 2.45) is 59.2 Å². The third kappa shape index (κ3) is 0.596. The Labute approximate surface area is 98.2 Å². The molecule has 6 atom stereocenters. The molecule has 6 fully saturated rings. The molecule has 0 heteroatoms. The van der Waals surface area contributed by atoms with Crippen LogP contribution >= 0.6 is 0 Å². The van der Waals surface area contributed by atoms with Gasteiger partial charge in [0.1, 0.15) is 0 Å². The molecule has 0 aromatic heterocycles. The van der Waals surface area contributed by atoms with E-state index in [4.69, 9.17) is 0 Å². The van der Waals surface area contributed by atoms with E-state index in [2.05, 4.69) is 0 Å². The van der Waals surface area contributed by atoms with Gasteiger partial charge in [-0.3, -0.25) is 0 Å². The minimum Gasteiger partial charge on any atom is -0.0496 e. The maximum Gasteiger partial charge on any atom is -0.0313 e. The van der Waals surface area contributed by atoms with Crippen molar-refractivity contribution in [1.82, 2.24) is 0 Å². The van der Waals surface area contributed by atoms with Crippen molar-refractivity contribution in [3.8, 4) is 0 Å². The molecule has 6 aliphatic rings. The minimum atomic E-state index is 1.23. The Morgan fingerprint density at radius 2 is 0.562 bits per heavy atom. The molecule has 6 unspecified atom stereocenters. The third-order valence-corrected chi connectivity index (χ3v) is 8.45. The Balaban J connectivity index is 1.62. The van der Waals surface area contributed by atoms with Gasteiger partial charge in [0.2, 0.25) is 0 Å². The molecule has 0 N–H and O–H groups in total. The van der Waals surface area contributed by atoms with E-state index in [0.29, 0.717) is 0 Å². The van der Waals surface area contributed by atoms with Crippen LogP contribution < -0.4 is 0 Å². The van der Waals surface area contributed by atoms with Gasteiger partial charge in [-0.25, -0.2) is 0 Å². The first kappa shape index (κ1) is 8.16. The van der Waals surface area contributed by atoms with Gasteiger partial charge in [-0.15, -0.1) is 0 Å². The molecule has 6 aliphatic carbocycles. The molecule has 0 aliphatic heterocycles. The lowest BCUT2D eigenvalue weighted by Gasteiger charge is -2.19. The lowest BCUT2D eigenvalue weighted by molar-refractivity contribution is 0.284. The van der Waals surface area contributed by atoms with Crippen LogP contribution in [0.2, 0.25) is 0 Å². The standard InChI is InChI=1S/C16H22/c1-2-8-10-5-6-12-11-4-3-9-7(1)13(8)16(14(9)11)15(10)12/h7-16H,1-6H2. The Morgan fingerprint density at radius 3 is 0.812 bits per heavy atom. The summed E-state index contributed by atoms with van der Waals surface area (Å²) in [5.41, 5.74) is 0. The zero-order valence-corrected chi connectivity index (χ0v) is 10.0. The third-order valence-electron chi connectivity index (χ3n) is 8.45. The van der Waals surface area contributed by atoms with Crippen LogP contribution in [0.4, 0.5) is 0 Å². The van der Waals surface area contributed by atoms with Crippen LogP contribution in [0.25, 0.3) is 0 Å². The predicted octanol–water partition coefficient (Wildman–Crippen LogP) is 3.57. The fourth-order valence-corrected chi connectivity index (χ4v) is 8.74. The van der Waals surface area contributed by atoms with E-state index in [9.17, 15) is 0 Å². The normalized spacial score (nSPS) is 76.5. The number of hydrogen-bond donors (Lipinski definition) is 0. The van der Waals surface area contributed by atoms with Crippen LogP contribution in [0.5, 0.6) is 0 Å². The van der Waals surface area contributed by atoms with Crippen molar-refractivity contribution in [1.29, 1.82) is 0 Å². The topological polar surface area (TPSA) is 0 Å². The molecule has 0 radical (unpaired) electrons. The summed E-state index contributed by atoms with van der Waals surface area (Å²) >= 11 is 0. The number of rotatable bonds is 0. The van der Waals surface area contributed by atoms with Gasteiger partial charge in [0.25, 0.3) is 0 Å². The van der Waals surface area contributed by atoms with E-state index in [0.717, 1.165) is 0 Å². The summed E-state index contributed by atoms with van der Waals surface area (Å²) in [7, 11) is 0. The summed E-state index contributed by atoms with van der Waals surface area (Å²) in [6, 6.07) is 0. The van der Waals surface area contributed by atoms with E-state index < -0.39 is 0 Å². The highest BCUT2D eigenvalue weighted by atomic mass is 14.8. The van der Waals surface area contributed by atoms with Gasteiger partial charge in [0.15, 0.2) is 0 Å². The van der Waals surface area contributed by atoms with Gasteiger partial charge in [-0.1, -0.05) is 0 Å². The van der Waals surface area contributed by atoms with Crippen molar-refractivity contribution < 1.29 is 0 Å². The molecule has 6 saturated carbocycles. The van der Waals surface area contributed by atoms with E-state index in [1.807, 2.05) is 0 Å². The van der Waals surface area contributed by atoms with Crippen LogP contribution in [0, 0.1) is 59.2 Å². The SMILES string of the molecule is C1CC2C3CCC4C5CCC6C1C2C(C65)C34. The van der Waals surface area contributed by atoms with Crippen molar-refractivity contribution in [2.75, 3.05) is 0 Å². The van der Waals surface area contributed by atoms with Gasteiger partial charge < -0.3 is 0 Å². The minimum absolute atomic E-state index is 1.23. The molecule has 0 aromatic rings. The zero-order valence-electron chi connectivity index (χ0n) is 10.0. The molecule has 0 heterocycles. The Bertz CT molecular complexity index is 285. The first-order valence-electron chi connectivity index (χ1n) is 7.95. The lowest BCUT2D eigenvalue weighted by Crippen LogP contribution is -2.14. The van der Waals surface area contributed by atoms with Crippen LogP contribution in [0.1, 0.15) is 38.5 Å². The Morgan fingerprint density at radius 1 is 0.312 bits per heavy atom. The second kappa shape index (κ2) is 2.27. The van der Waals surface area contributed by atoms with Crippen LogP contribution in [0.15, 0.2) is 0 Å². The summed E-state index contributed by atoms with van der Waals surface area (Å²) in [4.78, 5) is 0. The first-order chi connectivity index (χ1) is 7.95. The fraction of sp³-hybridized carbons (Fsp3) is 1.00. The zero-order chi connectivity index (χ0) is 10.0. The quantitative estimate of drug-likeness (QED) is 0.578. The summed E-state index contributed by atoms with van der Waals surface area (Å²) in [5, 5.41) is 0. The monoisotopic (exact) mass is 214 g/mol. The van der Waals surface area contributed by atoms with Crippen molar-refractivity contribution in [3.05, 3.63) is 0 Å². The number of fused-ring (bicyclic) bond motifs is 3. The Hall–Kier alpha value is 0. The maximum atomic E-state index is 1.65.